The van der Waals surface area contributed by atoms with Gasteiger partial charge >= 0.3 is 5.97 Å². The van der Waals surface area contributed by atoms with E-state index in [1.165, 1.54) is 11.8 Å². The van der Waals surface area contributed by atoms with Crippen LogP contribution in [-0.4, -0.2) is 30.1 Å². The number of anilines is 2. The number of unbranched alkanes of at least 4 members (excludes halogenated alkanes) is 1. The van der Waals surface area contributed by atoms with Crippen molar-refractivity contribution in [3.63, 3.8) is 0 Å². The summed E-state index contributed by atoms with van der Waals surface area (Å²) >= 11 is 1.39. The summed E-state index contributed by atoms with van der Waals surface area (Å²) in [4.78, 5) is 37.6. The van der Waals surface area contributed by atoms with Crippen molar-refractivity contribution in [1.82, 2.24) is 0 Å². The normalized spacial score (nSPS) is 10.4. The zero-order valence-electron chi connectivity index (χ0n) is 19.3. The van der Waals surface area contributed by atoms with Crippen molar-refractivity contribution in [2.75, 3.05) is 23.0 Å². The third kappa shape index (κ3) is 7.49. The van der Waals surface area contributed by atoms with E-state index in [2.05, 4.69) is 10.6 Å². The number of rotatable bonds is 10. The van der Waals surface area contributed by atoms with Gasteiger partial charge in [0, 0.05) is 21.8 Å². The van der Waals surface area contributed by atoms with Crippen LogP contribution in [0.5, 0.6) is 0 Å². The minimum atomic E-state index is -0.361. The topological polar surface area (TPSA) is 84.5 Å². The standard InChI is InChI=1S/C27H28N2O4S/c1-3-4-17-33-27(32)20-9-11-21(12-10-20)28-25(30)18-34-23-15-13-22(14-16-23)29-26(31)24-8-6-5-7-19(24)2/h5-16H,3-4,17-18H2,1-2H3,(H,28,30)(H,29,31). The van der Waals surface area contributed by atoms with Gasteiger partial charge in [-0.3, -0.25) is 9.59 Å². The van der Waals surface area contributed by atoms with Crippen molar-refractivity contribution in [2.24, 2.45) is 0 Å². The number of ether oxygens (including phenoxy) is 1. The first-order valence-corrected chi connectivity index (χ1v) is 12.1. The maximum Gasteiger partial charge on any atom is 0.338 e. The molecule has 0 atom stereocenters. The van der Waals surface area contributed by atoms with Crippen LogP contribution in [-0.2, 0) is 9.53 Å². The Hall–Kier alpha value is -3.58. The Morgan fingerprint density at radius 1 is 0.853 bits per heavy atom. The molecule has 0 aliphatic carbocycles. The third-order valence-electron chi connectivity index (χ3n) is 5.01. The summed E-state index contributed by atoms with van der Waals surface area (Å²) in [6, 6.07) is 21.4. The average Bonchev–Trinajstić information content (AvgIpc) is 2.84. The molecule has 6 nitrogen and oxygen atoms in total. The lowest BCUT2D eigenvalue weighted by Crippen LogP contribution is -2.14. The fourth-order valence-corrected chi connectivity index (χ4v) is 3.79. The predicted octanol–water partition coefficient (Wildman–Crippen LogP) is 5.94. The second-order valence-corrected chi connectivity index (χ2v) is 8.75. The first kappa shape index (κ1) is 25.1. The van der Waals surface area contributed by atoms with Gasteiger partial charge in [0.2, 0.25) is 5.91 Å². The van der Waals surface area contributed by atoms with Crippen molar-refractivity contribution >= 4 is 40.9 Å². The molecule has 0 aromatic heterocycles. The van der Waals surface area contributed by atoms with Gasteiger partial charge in [0.15, 0.2) is 0 Å². The Labute approximate surface area is 204 Å². The molecular weight excluding hydrogens is 448 g/mol. The molecule has 7 heteroatoms. The molecule has 0 radical (unpaired) electrons. The Morgan fingerprint density at radius 3 is 2.18 bits per heavy atom. The molecule has 0 aliphatic heterocycles. The Kier molecular flexibility index (Phi) is 9.29. The molecule has 0 aliphatic rings. The summed E-state index contributed by atoms with van der Waals surface area (Å²) in [7, 11) is 0. The molecule has 0 fully saturated rings. The van der Waals surface area contributed by atoms with Gasteiger partial charge in [-0.1, -0.05) is 31.5 Å². The van der Waals surface area contributed by atoms with Gasteiger partial charge in [0.1, 0.15) is 0 Å². The molecule has 0 heterocycles. The quantitative estimate of drug-likeness (QED) is 0.215. The van der Waals surface area contributed by atoms with Crippen molar-refractivity contribution in [3.8, 4) is 0 Å². The van der Waals surface area contributed by atoms with Crippen LogP contribution in [0.3, 0.4) is 0 Å². The van der Waals surface area contributed by atoms with Crippen LogP contribution in [0.15, 0.2) is 77.7 Å². The van der Waals surface area contributed by atoms with E-state index in [9.17, 15) is 14.4 Å². The summed E-state index contributed by atoms with van der Waals surface area (Å²) in [5.74, 6) is -0.436. The van der Waals surface area contributed by atoms with Crippen LogP contribution in [0, 0.1) is 6.92 Å². The fraction of sp³-hybridized carbons (Fsp3) is 0.222. The van der Waals surface area contributed by atoms with Gasteiger partial charge in [-0.05, 0) is 73.5 Å². The van der Waals surface area contributed by atoms with Crippen LogP contribution in [0.4, 0.5) is 11.4 Å². The van der Waals surface area contributed by atoms with Crippen LogP contribution in [0.25, 0.3) is 0 Å². The molecule has 176 valence electrons. The maximum atomic E-state index is 12.4. The van der Waals surface area contributed by atoms with E-state index >= 15 is 0 Å². The highest BCUT2D eigenvalue weighted by atomic mass is 32.2. The largest absolute Gasteiger partial charge is 0.462 e. The number of hydrogen-bond donors (Lipinski definition) is 2. The summed E-state index contributed by atoms with van der Waals surface area (Å²) < 4.78 is 5.18. The van der Waals surface area contributed by atoms with Gasteiger partial charge in [-0.2, -0.15) is 0 Å². The number of amides is 2. The van der Waals surface area contributed by atoms with Crippen LogP contribution < -0.4 is 10.6 Å². The predicted molar refractivity (Wildman–Crippen MR) is 137 cm³/mol. The molecular formula is C27H28N2O4S. The number of thioether (sulfide) groups is 1. The second-order valence-electron chi connectivity index (χ2n) is 7.70. The molecule has 0 spiro atoms. The molecule has 0 bridgehead atoms. The minimum Gasteiger partial charge on any atom is -0.462 e. The van der Waals surface area contributed by atoms with Crippen molar-refractivity contribution in [1.29, 1.82) is 0 Å². The third-order valence-corrected chi connectivity index (χ3v) is 6.02. The fourth-order valence-electron chi connectivity index (χ4n) is 3.09. The first-order chi connectivity index (χ1) is 16.5. The lowest BCUT2D eigenvalue weighted by molar-refractivity contribution is -0.113. The molecule has 3 rings (SSSR count). The van der Waals surface area contributed by atoms with E-state index < -0.39 is 0 Å². The number of carbonyl (C=O) groups is 3. The van der Waals surface area contributed by atoms with Gasteiger partial charge in [0.25, 0.3) is 5.91 Å². The summed E-state index contributed by atoms with van der Waals surface area (Å²) in [6.45, 7) is 4.34. The molecule has 0 unspecified atom stereocenters. The lowest BCUT2D eigenvalue weighted by Gasteiger charge is -2.09. The van der Waals surface area contributed by atoms with Crippen LogP contribution >= 0.6 is 11.8 Å². The lowest BCUT2D eigenvalue weighted by atomic mass is 10.1. The first-order valence-electron chi connectivity index (χ1n) is 11.1. The number of nitrogens with one attached hydrogen (secondary N) is 2. The van der Waals surface area contributed by atoms with Gasteiger partial charge in [0.05, 0.1) is 17.9 Å². The van der Waals surface area contributed by atoms with E-state index in [4.69, 9.17) is 4.74 Å². The Balaban J connectivity index is 1.45. The molecule has 2 N–H and O–H groups in total. The van der Waals surface area contributed by atoms with Gasteiger partial charge < -0.3 is 15.4 Å². The molecule has 2 amide bonds. The summed E-state index contributed by atoms with van der Waals surface area (Å²) in [5.41, 5.74) is 3.32. The number of hydrogen-bond acceptors (Lipinski definition) is 5. The number of carbonyl (C=O) groups excluding carboxylic acids is 3. The van der Waals surface area contributed by atoms with Crippen molar-refractivity contribution < 1.29 is 19.1 Å². The Bertz CT molecular complexity index is 1130. The van der Waals surface area contributed by atoms with Crippen LogP contribution in [0.2, 0.25) is 0 Å². The molecule has 3 aromatic rings. The maximum absolute atomic E-state index is 12.4. The van der Waals surface area contributed by atoms with E-state index in [1.807, 2.05) is 56.3 Å². The van der Waals surface area contributed by atoms with Crippen molar-refractivity contribution in [3.05, 3.63) is 89.5 Å². The van der Waals surface area contributed by atoms with Gasteiger partial charge in [-0.15, -0.1) is 11.8 Å². The average molecular weight is 477 g/mol. The number of aryl methyl sites for hydroxylation is 1. The summed E-state index contributed by atoms with van der Waals surface area (Å²) in [5, 5.41) is 5.71. The van der Waals surface area contributed by atoms with E-state index in [0.29, 0.717) is 29.1 Å². The SMILES string of the molecule is CCCCOC(=O)c1ccc(NC(=O)CSc2ccc(NC(=O)c3ccccc3C)cc2)cc1. The second kappa shape index (κ2) is 12.6. The van der Waals surface area contributed by atoms with E-state index in [0.717, 1.165) is 23.3 Å². The molecule has 0 saturated heterocycles. The van der Waals surface area contributed by atoms with Gasteiger partial charge in [-0.25, -0.2) is 4.79 Å². The smallest absolute Gasteiger partial charge is 0.338 e. The van der Waals surface area contributed by atoms with E-state index in [-0.39, 0.29) is 23.5 Å². The number of esters is 1. The van der Waals surface area contributed by atoms with E-state index in [1.54, 1.807) is 30.3 Å². The monoisotopic (exact) mass is 476 g/mol. The zero-order valence-corrected chi connectivity index (χ0v) is 20.1. The summed E-state index contributed by atoms with van der Waals surface area (Å²) in [6.07, 6.45) is 1.80. The minimum absolute atomic E-state index is 0.153. The molecule has 3 aromatic carbocycles. The zero-order chi connectivity index (χ0) is 24.3. The Morgan fingerprint density at radius 2 is 1.50 bits per heavy atom. The molecule has 0 saturated carbocycles. The highest BCUT2D eigenvalue weighted by molar-refractivity contribution is 8.00. The highest BCUT2D eigenvalue weighted by Gasteiger charge is 2.10. The highest BCUT2D eigenvalue weighted by Crippen LogP contribution is 2.21. The number of benzene rings is 3. The molecule has 34 heavy (non-hydrogen) atoms. The van der Waals surface area contributed by atoms with Crippen molar-refractivity contribution in [2.45, 2.75) is 31.6 Å². The van der Waals surface area contributed by atoms with Crippen LogP contribution in [0.1, 0.15) is 46.0 Å².